The molecule has 0 spiro atoms. The zero-order chi connectivity index (χ0) is 91.2. The Morgan fingerprint density at radius 2 is 0.703 bits per heavy atom. The van der Waals surface area contributed by atoms with Crippen LogP contribution in [0.5, 0.6) is 0 Å². The second-order valence-electron chi connectivity index (χ2n) is 31.3. The molecule has 4 aliphatic rings. The largest absolute Gasteiger partial charge is 0.550 e. The number of aliphatic carboxylic acids is 4. The van der Waals surface area contributed by atoms with Crippen LogP contribution < -0.4 is 58.7 Å². The molecule has 0 bridgehead atoms. The number of aliphatic hydroxyl groups is 4. The Kier molecular flexibility index (Phi) is 36.4. The highest BCUT2D eigenvalue weighted by Crippen LogP contribution is 2.33. The van der Waals surface area contributed by atoms with Gasteiger partial charge in [0.1, 0.15) is 24.2 Å². The summed E-state index contributed by atoms with van der Waals surface area (Å²) in [6, 6.07) is 41.3. The van der Waals surface area contributed by atoms with Gasteiger partial charge in [0.15, 0.2) is 61.1 Å². The van der Waals surface area contributed by atoms with Crippen molar-refractivity contribution < 1.29 is 117 Å². The zero-order valence-corrected chi connectivity index (χ0v) is 73.9. The lowest BCUT2D eigenvalue weighted by molar-refractivity contribution is -0.684. The van der Waals surface area contributed by atoms with Crippen LogP contribution in [0.2, 0.25) is 0 Å². The molecule has 128 heavy (non-hydrogen) atoms. The number of carboxylic acid groups (broad SMARTS) is 4. The number of ether oxygens (including phenoxy) is 2. The van der Waals surface area contributed by atoms with Gasteiger partial charge < -0.3 is 90.1 Å². The average Bonchev–Trinajstić information content (AvgIpc) is 1.66. The molecule has 12 rings (SSSR count). The van der Waals surface area contributed by atoms with Gasteiger partial charge in [-0.3, -0.25) is 19.2 Å². The number of esters is 2. The third-order valence-corrected chi connectivity index (χ3v) is 26.7. The summed E-state index contributed by atoms with van der Waals surface area (Å²) in [4.78, 5) is 129. The number of benzene rings is 4. The molecule has 0 radical (unpaired) electrons. The molecule has 8 heterocycles. The van der Waals surface area contributed by atoms with Gasteiger partial charge in [0, 0.05) is 177 Å². The zero-order valence-electron chi connectivity index (χ0n) is 70.6. The number of nitrogens with zero attached hydrogens (tertiary/aromatic N) is 8. The van der Waals surface area contributed by atoms with E-state index in [1.807, 2.05) is 226 Å². The molecule has 30 nitrogen and oxygen atoms in total. The molecule has 2 amide bonds. The number of aliphatic hydroxyl groups excluding tert-OH is 4. The molecule has 4 saturated heterocycles. The first-order chi connectivity index (χ1) is 61.7. The summed E-state index contributed by atoms with van der Waals surface area (Å²) in [5.41, 5.74) is 10.5. The lowest BCUT2D eigenvalue weighted by atomic mass is 10.0. The standard InChI is InChI=1S/C49H53N5O12S2.C45H49N5O8S2/c1-65-48(63)43-24-40(56)27-53(43)37-11-7-32(8-12-37)3-5-34-15-19-51(20-16-34)26-39(55)23-36(46(59)60)30-67-68-31-42(47(61)62)50-45(58)29-52-21-17-35(18-22-52)6-4-33-9-13-38(14-10-33)54-28-41(57)25-44(54)49(64)66-2;51-38(28-47-20-15-34(16-21-47)5-3-32-7-11-36(12-8-32)49-29-39(52)26-41(49)44(55)56)2-1-24-59-60-25-19-46-43(54)31-48-22-17-35(18-23-48)6-4-33-9-13-37(14-10-33)50-30-40(53)27-42(50)45(57)58/h3-22,36,40-44,56-57H,23-31H2,1-2H3,(H-2,50,58,59,60,61,62);3-18,20-23,39-42,52-53H,1-2,19,24-31H2,(H-2,46,54,55,56,57,58)/p+2. The van der Waals surface area contributed by atoms with Crippen LogP contribution in [-0.2, 0) is 83.6 Å². The Labute approximate surface area is 757 Å². The maximum Gasteiger partial charge on any atom is 0.328 e. The molecule has 10 unspecified atom stereocenters. The molecule has 4 aromatic heterocycles. The van der Waals surface area contributed by atoms with Gasteiger partial charge in [-0.05, 0) is 99.5 Å². The van der Waals surface area contributed by atoms with E-state index >= 15 is 0 Å². The number of ketones is 2. The molecule has 8 N–H and O–H groups in total. The van der Waals surface area contributed by atoms with E-state index in [0.717, 1.165) is 107 Å². The predicted octanol–water partition coefficient (Wildman–Crippen LogP) is 4.67. The Hall–Kier alpha value is -12.0. The minimum atomic E-state index is -1.50. The van der Waals surface area contributed by atoms with Crippen molar-refractivity contribution in [2.24, 2.45) is 5.92 Å². The fourth-order valence-electron chi connectivity index (χ4n) is 15.0. The molecular formula is C94H104N10O20S4+2. The van der Waals surface area contributed by atoms with Crippen molar-refractivity contribution in [3.05, 3.63) is 240 Å². The van der Waals surface area contributed by atoms with E-state index in [2.05, 4.69) is 10.6 Å². The highest BCUT2D eigenvalue weighted by atomic mass is 33.1. The lowest BCUT2D eigenvalue weighted by Gasteiger charge is -2.24. The molecular weight excluding hydrogens is 1720 g/mol. The molecule has 4 aliphatic heterocycles. The third-order valence-electron chi connectivity index (χ3n) is 21.7. The molecule has 4 fully saturated rings. The van der Waals surface area contributed by atoms with Gasteiger partial charge in [0.25, 0.3) is 11.8 Å². The minimum absolute atomic E-state index is 0.0310. The van der Waals surface area contributed by atoms with Crippen LogP contribution in [-0.4, -0.2) is 214 Å². The molecule has 0 saturated carbocycles. The van der Waals surface area contributed by atoms with Gasteiger partial charge >= 0.3 is 23.9 Å². The number of aromatic nitrogens is 4. The molecule has 34 heteroatoms. The third kappa shape index (κ3) is 29.5. The van der Waals surface area contributed by atoms with Crippen molar-refractivity contribution in [2.45, 2.75) is 126 Å². The second-order valence-corrected chi connectivity index (χ2v) is 36.5. The van der Waals surface area contributed by atoms with Crippen LogP contribution in [0.4, 0.5) is 22.7 Å². The normalized spacial score (nSPS) is 19.0. The molecule has 4 aromatic carbocycles. The number of methoxy groups -OCH3 is 2. The van der Waals surface area contributed by atoms with E-state index in [9.17, 15) is 88.8 Å². The summed E-state index contributed by atoms with van der Waals surface area (Å²) in [5.74, 6) is -6.02. The van der Waals surface area contributed by atoms with Crippen LogP contribution in [0.3, 0.4) is 0 Å². The van der Waals surface area contributed by atoms with E-state index in [-0.39, 0.29) is 67.9 Å². The van der Waals surface area contributed by atoms with Crippen LogP contribution in [0.25, 0.3) is 48.6 Å². The Morgan fingerprint density at radius 3 is 1.04 bits per heavy atom. The SMILES string of the molecule is COC(=O)C1CC(O)CN1c1ccc(/C=C/c2cc[n+](CC(=O)CC(CSSCC(NC(=O)C[n+]3ccc(/C=C/c4ccc(N5CC(O)CC5C(=O)OC)cc4)cc3)C(=O)[O-])C(=O)[O-])cc2)cc1.O=C(CCCSSCCNC(=O)C[n+]1ccc(/C=C/c2ccc(N3CC(O)CC3C(=O)O)cc2)cc1)C[n+]1ccc(/C=C/c2ccc(N3CC(O)CC3C(=O)O)cc2)cc1. The first-order valence-electron chi connectivity index (χ1n) is 41.7. The van der Waals surface area contributed by atoms with Gasteiger partial charge in [-0.1, -0.05) is 140 Å². The number of carbonyl (C=O) groups is 10. The first-order valence-corrected chi connectivity index (χ1v) is 46.7. The Bertz CT molecular complexity index is 4910. The number of anilines is 4. The van der Waals surface area contributed by atoms with E-state index in [0.29, 0.717) is 58.5 Å². The average molecular weight is 1820 g/mol. The molecule has 672 valence electrons. The van der Waals surface area contributed by atoms with E-state index in [1.54, 1.807) is 77.4 Å². The predicted molar refractivity (Wildman–Crippen MR) is 487 cm³/mol. The second kappa shape index (κ2) is 48.2. The smallest absolute Gasteiger partial charge is 0.328 e. The van der Waals surface area contributed by atoms with E-state index in [4.69, 9.17) is 9.47 Å². The molecule has 0 aliphatic carbocycles. The maximum atomic E-state index is 12.9. The number of rotatable bonds is 42. The number of β-amino-alcohol motifs (C(OH)–C–C–N with tert-alkyl or cyclic N) is 4. The maximum absolute atomic E-state index is 12.9. The Morgan fingerprint density at radius 1 is 0.398 bits per heavy atom. The summed E-state index contributed by atoms with van der Waals surface area (Å²) >= 11 is 0. The summed E-state index contributed by atoms with van der Waals surface area (Å²) in [5, 5.41) is 88.2. The van der Waals surface area contributed by atoms with Crippen molar-refractivity contribution in [3.63, 3.8) is 0 Å². The van der Waals surface area contributed by atoms with Gasteiger partial charge in [-0.25, -0.2) is 19.2 Å². The topological polar surface area (TPSA) is 409 Å². The van der Waals surface area contributed by atoms with Crippen molar-refractivity contribution in [3.8, 4) is 0 Å². The summed E-state index contributed by atoms with van der Waals surface area (Å²) in [6.07, 6.45) is 29.2. The number of amides is 2. The number of pyridine rings is 4. The fourth-order valence-corrected chi connectivity index (χ4v) is 19.4. The van der Waals surface area contributed by atoms with E-state index in [1.165, 1.54) is 14.2 Å². The van der Waals surface area contributed by atoms with Gasteiger partial charge in [0.2, 0.25) is 26.2 Å². The highest BCUT2D eigenvalue weighted by molar-refractivity contribution is 8.77. The van der Waals surface area contributed by atoms with Crippen LogP contribution >= 0.6 is 43.2 Å². The van der Waals surface area contributed by atoms with E-state index < -0.39 is 102 Å². The summed E-state index contributed by atoms with van der Waals surface area (Å²) < 4.78 is 16.7. The highest BCUT2D eigenvalue weighted by Gasteiger charge is 2.40. The number of carbonyl (C=O) groups excluding carboxylic acids is 8. The first kappa shape index (κ1) is 96.6. The fraction of sp³-hybridized carbons (Fsp3) is 0.340. The quantitative estimate of drug-likeness (QED) is 0.0111. The van der Waals surface area contributed by atoms with Crippen molar-refractivity contribution in [2.75, 3.05) is 89.6 Å². The van der Waals surface area contributed by atoms with Crippen LogP contribution in [0, 0.1) is 5.92 Å². The number of nitrogens with one attached hydrogen (secondary N) is 2. The molecule has 8 aromatic rings. The summed E-state index contributed by atoms with van der Waals surface area (Å²) in [7, 11) is 8.13. The van der Waals surface area contributed by atoms with Crippen LogP contribution in [0.1, 0.15) is 89.5 Å². The van der Waals surface area contributed by atoms with Crippen LogP contribution in [0.15, 0.2) is 195 Å². The van der Waals surface area contributed by atoms with Gasteiger partial charge in [-0.2, -0.15) is 18.3 Å². The minimum Gasteiger partial charge on any atom is -0.550 e. The van der Waals surface area contributed by atoms with Gasteiger partial charge in [-0.15, -0.1) is 0 Å². The van der Waals surface area contributed by atoms with Crippen molar-refractivity contribution >= 4 is 174 Å². The summed E-state index contributed by atoms with van der Waals surface area (Å²) in [6.45, 7) is 2.11. The number of carboxylic acids is 4. The lowest BCUT2D eigenvalue weighted by Crippen LogP contribution is -2.52. The number of Topliss-reactive ketones (excluding diaryl/α,β-unsaturated/α-hetero) is 2. The number of hydrogen-bond acceptors (Lipinski definition) is 26. The van der Waals surface area contributed by atoms with Gasteiger partial charge in [0.05, 0.1) is 50.6 Å². The Balaban J connectivity index is 0.000000250. The monoisotopic (exact) mass is 1820 g/mol. The van der Waals surface area contributed by atoms with Crippen molar-refractivity contribution in [1.29, 1.82) is 0 Å². The molecule has 10 atom stereocenters. The van der Waals surface area contributed by atoms with Crippen molar-refractivity contribution in [1.82, 2.24) is 10.6 Å². The number of hydrogen-bond donors (Lipinski definition) is 8.